The minimum absolute atomic E-state index is 0.115. The number of aromatic nitrogens is 1. The summed E-state index contributed by atoms with van der Waals surface area (Å²) >= 11 is 0. The van der Waals surface area contributed by atoms with Crippen LogP contribution in [-0.2, 0) is 11.3 Å². The van der Waals surface area contributed by atoms with Crippen LogP contribution in [-0.4, -0.2) is 29.6 Å². The summed E-state index contributed by atoms with van der Waals surface area (Å²) in [6.45, 7) is 8.47. The molecule has 0 radical (unpaired) electrons. The Labute approximate surface area is 121 Å². The van der Waals surface area contributed by atoms with Crippen LogP contribution < -0.4 is 15.4 Å². The molecular weight excluding hydrogens is 254 g/mol. The highest BCUT2D eigenvalue weighted by molar-refractivity contribution is 5.81. The quantitative estimate of drug-likeness (QED) is 0.800. The van der Waals surface area contributed by atoms with Gasteiger partial charge < -0.3 is 15.4 Å². The van der Waals surface area contributed by atoms with Gasteiger partial charge in [-0.3, -0.25) is 9.78 Å². The molecule has 1 heterocycles. The Bertz CT molecular complexity index is 429. The normalized spacial score (nSPS) is 12.8. The molecule has 1 unspecified atom stereocenters. The predicted molar refractivity (Wildman–Crippen MR) is 79.6 cm³/mol. The van der Waals surface area contributed by atoms with E-state index in [4.69, 9.17) is 4.74 Å². The molecule has 5 heteroatoms. The van der Waals surface area contributed by atoms with E-state index < -0.39 is 6.10 Å². The molecule has 0 saturated carbocycles. The molecule has 1 aromatic heterocycles. The first-order valence-electron chi connectivity index (χ1n) is 6.96. The van der Waals surface area contributed by atoms with Crippen molar-refractivity contribution in [1.29, 1.82) is 0 Å². The van der Waals surface area contributed by atoms with Gasteiger partial charge in [-0.25, -0.2) is 0 Å². The van der Waals surface area contributed by atoms with Gasteiger partial charge >= 0.3 is 0 Å². The molecule has 0 fully saturated rings. The van der Waals surface area contributed by atoms with Crippen LogP contribution in [0.1, 0.15) is 39.8 Å². The summed E-state index contributed by atoms with van der Waals surface area (Å²) < 4.78 is 5.60. The van der Waals surface area contributed by atoms with Gasteiger partial charge in [0.05, 0.1) is 11.9 Å². The number of carbonyl (C=O) groups is 1. The number of nitrogens with zero attached hydrogens (tertiary/aromatic N) is 1. The van der Waals surface area contributed by atoms with Crippen LogP contribution in [0.25, 0.3) is 0 Å². The van der Waals surface area contributed by atoms with Crippen LogP contribution in [0.3, 0.4) is 0 Å². The summed E-state index contributed by atoms with van der Waals surface area (Å²) in [4.78, 5) is 16.3. The third kappa shape index (κ3) is 5.17. The van der Waals surface area contributed by atoms with Crippen LogP contribution >= 0.6 is 0 Å². The molecule has 2 N–H and O–H groups in total. The number of ether oxygens (including phenoxy) is 1. The summed E-state index contributed by atoms with van der Waals surface area (Å²) in [5, 5.41) is 5.99. The average Bonchev–Trinajstić information content (AvgIpc) is 2.41. The van der Waals surface area contributed by atoms with E-state index in [1.54, 1.807) is 13.1 Å². The van der Waals surface area contributed by atoms with Gasteiger partial charge in [-0.2, -0.15) is 0 Å². The number of hydrogen-bond donors (Lipinski definition) is 2. The zero-order chi connectivity index (χ0) is 15.2. The van der Waals surface area contributed by atoms with Gasteiger partial charge in [0.2, 0.25) is 0 Å². The van der Waals surface area contributed by atoms with Crippen molar-refractivity contribution in [1.82, 2.24) is 15.6 Å². The van der Waals surface area contributed by atoms with E-state index in [1.165, 1.54) is 0 Å². The summed E-state index contributed by atoms with van der Waals surface area (Å²) in [6, 6.07) is 3.71. The highest BCUT2D eigenvalue weighted by Crippen LogP contribution is 2.13. The molecule has 5 nitrogen and oxygen atoms in total. The number of amides is 1. The zero-order valence-electron chi connectivity index (χ0n) is 13.0. The second-order valence-corrected chi connectivity index (χ2v) is 5.50. The Kier molecular flexibility index (Phi) is 5.95. The van der Waals surface area contributed by atoms with Crippen molar-refractivity contribution >= 4 is 5.91 Å². The van der Waals surface area contributed by atoms with Gasteiger partial charge in [0.15, 0.2) is 6.10 Å². The summed E-state index contributed by atoms with van der Waals surface area (Å²) in [5.41, 5.74) is 0.716. The number of nitrogens with one attached hydrogen (secondary N) is 2. The van der Waals surface area contributed by atoms with Crippen molar-refractivity contribution in [3.63, 3.8) is 0 Å². The van der Waals surface area contributed by atoms with Crippen molar-refractivity contribution in [2.75, 3.05) is 7.05 Å². The van der Waals surface area contributed by atoms with Crippen LogP contribution in [0, 0.1) is 0 Å². The zero-order valence-corrected chi connectivity index (χ0v) is 13.0. The highest BCUT2D eigenvalue weighted by atomic mass is 16.5. The van der Waals surface area contributed by atoms with E-state index >= 15 is 0 Å². The molecule has 0 aliphatic carbocycles. The molecule has 112 valence electrons. The number of carbonyl (C=O) groups excluding carboxylic acids is 1. The van der Waals surface area contributed by atoms with Crippen LogP contribution in [0.15, 0.2) is 18.3 Å². The van der Waals surface area contributed by atoms with E-state index in [1.807, 2.05) is 40.0 Å². The maximum absolute atomic E-state index is 12.0. The fourth-order valence-electron chi connectivity index (χ4n) is 1.55. The van der Waals surface area contributed by atoms with Crippen molar-refractivity contribution < 1.29 is 9.53 Å². The van der Waals surface area contributed by atoms with E-state index in [0.717, 1.165) is 12.1 Å². The number of rotatable bonds is 7. The van der Waals surface area contributed by atoms with Crippen molar-refractivity contribution in [2.24, 2.45) is 0 Å². The predicted octanol–water partition coefficient (Wildman–Crippen LogP) is 1.87. The third-order valence-electron chi connectivity index (χ3n) is 3.18. The first-order chi connectivity index (χ1) is 9.38. The molecule has 0 saturated heterocycles. The third-order valence-corrected chi connectivity index (χ3v) is 3.18. The minimum Gasteiger partial charge on any atom is -0.479 e. The lowest BCUT2D eigenvalue weighted by molar-refractivity contribution is -0.128. The second kappa shape index (κ2) is 7.24. The van der Waals surface area contributed by atoms with E-state index in [2.05, 4.69) is 15.6 Å². The Balaban J connectivity index is 2.57. The largest absolute Gasteiger partial charge is 0.479 e. The van der Waals surface area contributed by atoms with Crippen LogP contribution in [0.4, 0.5) is 0 Å². The fourth-order valence-corrected chi connectivity index (χ4v) is 1.55. The van der Waals surface area contributed by atoms with Gasteiger partial charge in [0.1, 0.15) is 5.75 Å². The highest BCUT2D eigenvalue weighted by Gasteiger charge is 2.22. The lowest BCUT2D eigenvalue weighted by atomic mass is 10.0. The van der Waals surface area contributed by atoms with E-state index in [-0.39, 0.29) is 11.4 Å². The molecule has 0 aliphatic heterocycles. The molecule has 1 rings (SSSR count). The maximum atomic E-state index is 12.0. The molecule has 0 aliphatic rings. The standard InChI is InChI=1S/C15H25N3O2/c1-6-15(3,4)18-14(19)11(2)20-13-8-7-12(9-16-5)17-10-13/h7-8,10-11,16H,6,9H2,1-5H3,(H,18,19). The lowest BCUT2D eigenvalue weighted by Crippen LogP contribution is -2.48. The van der Waals surface area contributed by atoms with Gasteiger partial charge in [-0.1, -0.05) is 6.92 Å². The molecular formula is C15H25N3O2. The SMILES string of the molecule is CCC(C)(C)NC(=O)C(C)Oc1ccc(CNC)nc1. The summed E-state index contributed by atoms with van der Waals surface area (Å²) in [7, 11) is 1.87. The van der Waals surface area contributed by atoms with Crippen LogP contribution in [0.5, 0.6) is 5.75 Å². The molecule has 1 amide bonds. The Morgan fingerprint density at radius 3 is 2.65 bits per heavy atom. The van der Waals surface area contributed by atoms with Gasteiger partial charge in [0, 0.05) is 12.1 Å². The Morgan fingerprint density at radius 1 is 1.45 bits per heavy atom. The van der Waals surface area contributed by atoms with Gasteiger partial charge in [0.25, 0.3) is 5.91 Å². The van der Waals surface area contributed by atoms with Gasteiger partial charge in [-0.05, 0) is 46.4 Å². The Hall–Kier alpha value is -1.62. The van der Waals surface area contributed by atoms with Gasteiger partial charge in [-0.15, -0.1) is 0 Å². The Morgan fingerprint density at radius 2 is 2.15 bits per heavy atom. The monoisotopic (exact) mass is 279 g/mol. The topological polar surface area (TPSA) is 63.2 Å². The smallest absolute Gasteiger partial charge is 0.261 e. The molecule has 0 spiro atoms. The first kappa shape index (κ1) is 16.4. The molecule has 1 atom stereocenters. The summed E-state index contributed by atoms with van der Waals surface area (Å²) in [5.74, 6) is 0.484. The van der Waals surface area contributed by atoms with Crippen molar-refractivity contribution in [2.45, 2.75) is 52.3 Å². The molecule has 20 heavy (non-hydrogen) atoms. The minimum atomic E-state index is -0.544. The van der Waals surface area contributed by atoms with E-state index in [0.29, 0.717) is 12.3 Å². The average molecular weight is 279 g/mol. The molecule has 0 bridgehead atoms. The second-order valence-electron chi connectivity index (χ2n) is 5.50. The first-order valence-corrected chi connectivity index (χ1v) is 6.96. The fraction of sp³-hybridized carbons (Fsp3) is 0.600. The number of pyridine rings is 1. The molecule has 0 aromatic carbocycles. The van der Waals surface area contributed by atoms with Crippen molar-refractivity contribution in [3.05, 3.63) is 24.0 Å². The maximum Gasteiger partial charge on any atom is 0.261 e. The van der Waals surface area contributed by atoms with Crippen LogP contribution in [0.2, 0.25) is 0 Å². The molecule has 1 aromatic rings. The lowest BCUT2D eigenvalue weighted by Gasteiger charge is -2.26. The van der Waals surface area contributed by atoms with E-state index in [9.17, 15) is 4.79 Å². The summed E-state index contributed by atoms with van der Waals surface area (Å²) in [6.07, 6.45) is 1.96. The number of hydrogen-bond acceptors (Lipinski definition) is 4. The van der Waals surface area contributed by atoms with Crippen molar-refractivity contribution in [3.8, 4) is 5.75 Å².